The molecule has 0 amide bonds. The van der Waals surface area contributed by atoms with E-state index in [1.54, 1.807) is 0 Å². The Morgan fingerprint density at radius 2 is 1.36 bits per heavy atom. The van der Waals surface area contributed by atoms with Crippen LogP contribution in [-0.4, -0.2) is 0 Å². The molecule has 0 saturated heterocycles. The van der Waals surface area contributed by atoms with Gasteiger partial charge in [0.15, 0.2) is 7.14 Å². The zero-order valence-corrected chi connectivity index (χ0v) is 22.1. The highest BCUT2D eigenvalue weighted by molar-refractivity contribution is 7.82. The molecule has 0 N–H and O–H groups in total. The molecule has 0 aliphatic heterocycles. The second-order valence-corrected chi connectivity index (χ2v) is 12.1. The maximum atomic E-state index is 15.0. The van der Waals surface area contributed by atoms with E-state index in [0.29, 0.717) is 0 Å². The summed E-state index contributed by atoms with van der Waals surface area (Å²) in [5.41, 5.74) is 7.11. The van der Waals surface area contributed by atoms with Crippen LogP contribution in [0.25, 0.3) is 0 Å². The third-order valence-electron chi connectivity index (χ3n) is 6.69. The van der Waals surface area contributed by atoms with E-state index in [-0.39, 0.29) is 0 Å². The normalized spacial score (nSPS) is 13.7. The van der Waals surface area contributed by atoms with Crippen LogP contribution in [0.3, 0.4) is 0 Å². The maximum absolute atomic E-state index is 15.0. The second-order valence-electron chi connectivity index (χ2n) is 9.30. The third-order valence-corrected chi connectivity index (χ3v) is 9.86. The molecular weight excluding hydrogens is 455 g/mol. The fourth-order valence-corrected chi connectivity index (χ4v) is 7.47. The molecule has 1 nitrogen and oxygen atoms in total. The van der Waals surface area contributed by atoms with E-state index in [1.165, 1.54) is 17.6 Å². The van der Waals surface area contributed by atoms with Crippen LogP contribution in [0.15, 0.2) is 119 Å². The van der Waals surface area contributed by atoms with Gasteiger partial charge in [0.25, 0.3) is 0 Å². The summed E-state index contributed by atoms with van der Waals surface area (Å²) in [6, 6.07) is 30.1. The fourth-order valence-electron chi connectivity index (χ4n) is 4.65. The van der Waals surface area contributed by atoms with E-state index in [9.17, 15) is 4.57 Å². The highest BCUT2D eigenvalue weighted by Gasteiger charge is 2.31. The molecule has 0 spiro atoms. The van der Waals surface area contributed by atoms with Gasteiger partial charge in [0.2, 0.25) is 0 Å². The number of hydrogen-bond acceptors (Lipinski definition) is 1. The summed E-state index contributed by atoms with van der Waals surface area (Å²) in [5, 5.41) is 2.66. The zero-order chi connectivity index (χ0) is 25.1. The third kappa shape index (κ3) is 6.47. The van der Waals surface area contributed by atoms with Crippen LogP contribution in [0, 0.1) is 11.8 Å². The van der Waals surface area contributed by atoms with E-state index in [4.69, 9.17) is 0 Å². The van der Waals surface area contributed by atoms with Crippen LogP contribution in [-0.2, 0) is 4.57 Å². The Kier molecular flexibility index (Phi) is 9.41. The fraction of sp³-hybridized carbons (Fsp3) is 0.265. The van der Waals surface area contributed by atoms with E-state index in [0.717, 1.165) is 66.4 Å². The van der Waals surface area contributed by atoms with Gasteiger partial charge in [-0.15, -0.1) is 5.73 Å². The van der Waals surface area contributed by atoms with Crippen molar-refractivity contribution in [1.29, 1.82) is 0 Å². The molecule has 4 rings (SSSR count). The van der Waals surface area contributed by atoms with Gasteiger partial charge in [0, 0.05) is 27.1 Å². The zero-order valence-electron chi connectivity index (χ0n) is 21.2. The van der Waals surface area contributed by atoms with Gasteiger partial charge in [0.1, 0.15) is 0 Å². The van der Waals surface area contributed by atoms with E-state index in [1.807, 2.05) is 78.9 Å². The Bertz CT molecular complexity index is 1290. The average Bonchev–Trinajstić information content (AvgIpc) is 3.18. The van der Waals surface area contributed by atoms with Crippen molar-refractivity contribution in [2.75, 3.05) is 0 Å². The molecule has 0 aromatic heterocycles. The summed E-state index contributed by atoms with van der Waals surface area (Å²) in [4.78, 5) is 0. The molecule has 1 aliphatic carbocycles. The molecule has 2 heteroatoms. The average molecular weight is 491 g/mol. The molecule has 0 heterocycles. The van der Waals surface area contributed by atoms with Gasteiger partial charge in [-0.1, -0.05) is 110 Å². The van der Waals surface area contributed by atoms with Crippen LogP contribution in [0.5, 0.6) is 0 Å². The van der Waals surface area contributed by atoms with Crippen LogP contribution in [0.1, 0.15) is 63.9 Å². The highest BCUT2D eigenvalue weighted by Crippen LogP contribution is 2.53. The first-order valence-corrected chi connectivity index (χ1v) is 14.9. The molecular formula is C34H35OP. The van der Waals surface area contributed by atoms with Gasteiger partial charge in [-0.25, -0.2) is 0 Å². The van der Waals surface area contributed by atoms with Crippen LogP contribution >= 0.6 is 7.14 Å². The number of unbranched alkanes of at least 4 members (excludes halogenated alkanes) is 1. The van der Waals surface area contributed by atoms with Gasteiger partial charge in [-0.2, -0.15) is 0 Å². The molecule has 0 unspecified atom stereocenters. The first-order valence-electron chi connectivity index (χ1n) is 13.2. The molecule has 3 aromatic carbocycles. The van der Waals surface area contributed by atoms with Crippen LogP contribution in [0.2, 0.25) is 0 Å². The Balaban J connectivity index is 1.86. The Morgan fingerprint density at radius 1 is 0.778 bits per heavy atom. The first kappa shape index (κ1) is 25.8. The lowest BCUT2D eigenvalue weighted by Gasteiger charge is -2.21. The van der Waals surface area contributed by atoms with Crippen molar-refractivity contribution in [3.05, 3.63) is 125 Å². The Morgan fingerprint density at radius 3 is 1.97 bits per heavy atom. The van der Waals surface area contributed by atoms with Gasteiger partial charge >= 0.3 is 0 Å². The van der Waals surface area contributed by atoms with Crippen molar-refractivity contribution in [2.24, 2.45) is 0 Å². The van der Waals surface area contributed by atoms with Gasteiger partial charge in [-0.05, 0) is 62.3 Å². The summed E-state index contributed by atoms with van der Waals surface area (Å²) in [6.45, 7) is 2.18. The van der Waals surface area contributed by atoms with Crippen LogP contribution in [0.4, 0.5) is 0 Å². The van der Waals surface area contributed by atoms with Gasteiger partial charge in [-0.3, -0.25) is 0 Å². The maximum Gasteiger partial charge on any atom is 0.174 e. The minimum Gasteiger partial charge on any atom is -0.308 e. The molecule has 182 valence electrons. The lowest BCUT2D eigenvalue weighted by Crippen LogP contribution is -2.17. The molecule has 1 aliphatic rings. The summed E-state index contributed by atoms with van der Waals surface area (Å²) >= 11 is 0. The van der Waals surface area contributed by atoms with Gasteiger partial charge in [0.05, 0.1) is 0 Å². The standard InChI is InChI=1S/C34H35OP/c1-2-3-20-34(36(35,32-21-12-6-13-22-32)33-23-14-7-15-24-33)28-27-31-19-11-5-10-18-30(31)26-25-29-16-8-4-9-17-29/h4,6-9,12-17,21-24,27H,2-3,5,10-11,18-20H2,1H3. The molecule has 0 saturated carbocycles. The Hall–Kier alpha value is -3.29. The summed E-state index contributed by atoms with van der Waals surface area (Å²) in [7, 11) is -3.01. The summed E-state index contributed by atoms with van der Waals surface area (Å²) in [5.74, 6) is 6.84. The molecule has 36 heavy (non-hydrogen) atoms. The molecule has 3 aromatic rings. The van der Waals surface area contributed by atoms with Crippen molar-refractivity contribution in [1.82, 2.24) is 0 Å². The highest BCUT2D eigenvalue weighted by atomic mass is 31.2. The van der Waals surface area contributed by atoms with E-state index in [2.05, 4.69) is 42.7 Å². The summed E-state index contributed by atoms with van der Waals surface area (Å²) in [6.07, 6.45) is 10.4. The Labute approximate surface area is 217 Å². The smallest absolute Gasteiger partial charge is 0.174 e. The van der Waals surface area contributed by atoms with Crippen molar-refractivity contribution < 1.29 is 4.57 Å². The number of benzene rings is 3. The first-order chi connectivity index (χ1) is 17.7. The lowest BCUT2D eigenvalue weighted by molar-refractivity contribution is 0.589. The molecule has 0 atom stereocenters. The summed E-state index contributed by atoms with van der Waals surface area (Å²) < 4.78 is 15.0. The SMILES string of the molecule is CCCCC(=C=CC1=C(C#Cc2ccccc2)CCCCC1)P(=O)(c1ccccc1)c1ccccc1. The predicted molar refractivity (Wildman–Crippen MR) is 154 cm³/mol. The molecule has 0 bridgehead atoms. The predicted octanol–water partition coefficient (Wildman–Crippen LogP) is 8.54. The number of allylic oxidation sites excluding steroid dienone is 3. The quantitative estimate of drug-likeness (QED) is 0.184. The monoisotopic (exact) mass is 490 g/mol. The van der Waals surface area contributed by atoms with Crippen molar-refractivity contribution >= 4 is 17.8 Å². The van der Waals surface area contributed by atoms with Gasteiger partial charge < -0.3 is 4.57 Å². The number of rotatable bonds is 7. The number of hydrogen-bond donors (Lipinski definition) is 0. The van der Waals surface area contributed by atoms with Crippen molar-refractivity contribution in [2.45, 2.75) is 58.3 Å². The van der Waals surface area contributed by atoms with Crippen LogP contribution < -0.4 is 10.6 Å². The second kappa shape index (κ2) is 13.1. The minimum absolute atomic E-state index is 0.770. The van der Waals surface area contributed by atoms with E-state index < -0.39 is 7.14 Å². The van der Waals surface area contributed by atoms with E-state index >= 15 is 0 Å². The minimum atomic E-state index is -3.01. The molecule has 0 fully saturated rings. The lowest BCUT2D eigenvalue weighted by atomic mass is 10.0. The largest absolute Gasteiger partial charge is 0.308 e. The van der Waals surface area contributed by atoms with Crippen molar-refractivity contribution in [3.63, 3.8) is 0 Å². The van der Waals surface area contributed by atoms with Crippen molar-refractivity contribution in [3.8, 4) is 11.8 Å². The topological polar surface area (TPSA) is 17.1 Å². The molecule has 0 radical (unpaired) electrons.